The maximum absolute atomic E-state index is 13.7. The summed E-state index contributed by atoms with van der Waals surface area (Å²) in [6, 6.07) is 19.4. The van der Waals surface area contributed by atoms with Crippen LogP contribution in [-0.4, -0.2) is 21.8 Å². The highest BCUT2D eigenvalue weighted by Gasteiger charge is 2.46. The topological polar surface area (TPSA) is 83.6 Å². The van der Waals surface area contributed by atoms with Gasteiger partial charge in [-0.05, 0) is 38.1 Å². The molecule has 0 aliphatic carbocycles. The first-order valence-electron chi connectivity index (χ1n) is 10.4. The minimum absolute atomic E-state index is 0.0121. The molecule has 1 N–H and O–H groups in total. The molecule has 0 bridgehead atoms. The predicted molar refractivity (Wildman–Crippen MR) is 126 cm³/mol. The van der Waals surface area contributed by atoms with Crippen LogP contribution in [0.1, 0.15) is 32.7 Å². The number of hydrogen-bond acceptors (Lipinski definition) is 6. The van der Waals surface area contributed by atoms with Crippen molar-refractivity contribution in [3.8, 4) is 10.6 Å². The molecule has 2 aromatic heterocycles. The summed E-state index contributed by atoms with van der Waals surface area (Å²) in [4.78, 5) is 33.2. The summed E-state index contributed by atoms with van der Waals surface area (Å²) in [5.74, 6) is -1.26. The summed E-state index contributed by atoms with van der Waals surface area (Å²) in [5.41, 5.74) is 3.02. The van der Waals surface area contributed by atoms with Crippen LogP contribution < -0.4 is 4.90 Å². The molecule has 1 aliphatic heterocycles. The van der Waals surface area contributed by atoms with Gasteiger partial charge in [-0.1, -0.05) is 48.0 Å². The van der Waals surface area contributed by atoms with Crippen molar-refractivity contribution < 1.29 is 19.1 Å². The van der Waals surface area contributed by atoms with E-state index >= 15 is 0 Å². The van der Waals surface area contributed by atoms with E-state index in [0.29, 0.717) is 27.0 Å². The number of aliphatic hydroxyl groups excluding tert-OH is 1. The second-order valence-electron chi connectivity index (χ2n) is 7.82. The van der Waals surface area contributed by atoms with Gasteiger partial charge in [-0.25, -0.2) is 4.98 Å². The van der Waals surface area contributed by atoms with Crippen LogP contribution >= 0.6 is 11.3 Å². The van der Waals surface area contributed by atoms with Crippen molar-refractivity contribution in [2.75, 3.05) is 4.90 Å². The molecule has 1 unspecified atom stereocenters. The lowest BCUT2D eigenvalue weighted by Crippen LogP contribution is -2.30. The number of Topliss-reactive ketones (excluding diaryl/α,β-unsaturated/α-hetero) is 1. The van der Waals surface area contributed by atoms with Crippen LogP contribution in [0.2, 0.25) is 0 Å². The third-order valence-electron chi connectivity index (χ3n) is 5.60. The number of thiazole rings is 1. The van der Waals surface area contributed by atoms with Gasteiger partial charge in [0, 0.05) is 11.3 Å². The molecular weight excluding hydrogens is 436 g/mol. The average molecular weight is 457 g/mol. The quantitative estimate of drug-likeness (QED) is 0.384. The van der Waals surface area contributed by atoms with Crippen molar-refractivity contribution in [1.29, 1.82) is 0 Å². The van der Waals surface area contributed by atoms with E-state index < -0.39 is 23.5 Å². The van der Waals surface area contributed by atoms with Crippen LogP contribution in [0.15, 0.2) is 88.7 Å². The number of carbonyl (C=O) groups is 2. The lowest BCUT2D eigenvalue weighted by atomic mass is 9.99. The van der Waals surface area contributed by atoms with Gasteiger partial charge in [0.25, 0.3) is 5.91 Å². The molecule has 7 heteroatoms. The number of anilines is 1. The molecule has 0 radical (unpaired) electrons. The van der Waals surface area contributed by atoms with Crippen LogP contribution in [0, 0.1) is 13.8 Å². The van der Waals surface area contributed by atoms with Gasteiger partial charge in [0.05, 0.1) is 22.4 Å². The van der Waals surface area contributed by atoms with E-state index in [1.807, 2.05) is 49.4 Å². The van der Waals surface area contributed by atoms with Crippen molar-refractivity contribution in [2.45, 2.75) is 19.9 Å². The second-order valence-corrected chi connectivity index (χ2v) is 8.82. The standard InChI is InChI=1S/C26H20N2O4S/c1-15-10-12-18(13-11-15)28-21(19-9-6-14-32-19)20(23(30)26(28)31)22(29)24-16(2)27-25(33-24)17-7-4-3-5-8-17/h3-14,21,30H,1-2H3. The molecule has 4 aromatic rings. The molecule has 1 amide bonds. The van der Waals surface area contributed by atoms with E-state index in [4.69, 9.17) is 4.42 Å². The molecule has 0 spiro atoms. The third kappa shape index (κ3) is 3.56. The zero-order valence-electron chi connectivity index (χ0n) is 18.0. The van der Waals surface area contributed by atoms with E-state index in [1.165, 1.54) is 22.5 Å². The van der Waals surface area contributed by atoms with Crippen molar-refractivity contribution >= 4 is 28.7 Å². The van der Waals surface area contributed by atoms with Crippen LogP contribution in [0.25, 0.3) is 10.6 Å². The predicted octanol–water partition coefficient (Wildman–Crippen LogP) is 5.80. The second kappa shape index (κ2) is 8.18. The van der Waals surface area contributed by atoms with Crippen molar-refractivity contribution in [3.63, 3.8) is 0 Å². The van der Waals surface area contributed by atoms with Crippen LogP contribution in [-0.2, 0) is 4.79 Å². The van der Waals surface area contributed by atoms with Crippen LogP contribution in [0.3, 0.4) is 0 Å². The van der Waals surface area contributed by atoms with Crippen molar-refractivity contribution in [2.24, 2.45) is 0 Å². The lowest BCUT2D eigenvalue weighted by Gasteiger charge is -2.25. The Labute approximate surface area is 194 Å². The zero-order chi connectivity index (χ0) is 23.1. The molecule has 1 aliphatic rings. The number of nitrogens with zero attached hydrogens (tertiary/aromatic N) is 2. The Bertz CT molecular complexity index is 1370. The zero-order valence-corrected chi connectivity index (χ0v) is 18.8. The first kappa shape index (κ1) is 20.9. The Morgan fingerprint density at radius 1 is 1.03 bits per heavy atom. The number of carbonyl (C=O) groups excluding carboxylic acids is 2. The van der Waals surface area contributed by atoms with Crippen molar-refractivity contribution in [3.05, 3.63) is 106 Å². The summed E-state index contributed by atoms with van der Waals surface area (Å²) in [7, 11) is 0. The van der Waals surface area contributed by atoms with Gasteiger partial charge in [0.15, 0.2) is 5.76 Å². The Hall–Kier alpha value is -3.97. The monoisotopic (exact) mass is 456 g/mol. The van der Waals surface area contributed by atoms with Crippen LogP contribution in [0.4, 0.5) is 5.69 Å². The summed E-state index contributed by atoms with van der Waals surface area (Å²) < 4.78 is 5.61. The van der Waals surface area contributed by atoms with Gasteiger partial charge in [-0.2, -0.15) is 0 Å². The SMILES string of the molecule is Cc1ccc(N2C(=O)C(O)=C(C(=O)c3sc(-c4ccccc4)nc3C)C2c2ccco2)cc1. The van der Waals surface area contributed by atoms with Gasteiger partial charge < -0.3 is 9.52 Å². The number of amides is 1. The summed E-state index contributed by atoms with van der Waals surface area (Å²) >= 11 is 1.24. The van der Waals surface area contributed by atoms with Gasteiger partial charge in [0.2, 0.25) is 5.78 Å². The Balaban J connectivity index is 1.60. The van der Waals surface area contributed by atoms with Gasteiger partial charge >= 0.3 is 0 Å². The number of benzene rings is 2. The minimum atomic E-state index is -0.885. The summed E-state index contributed by atoms with van der Waals surface area (Å²) in [6.45, 7) is 3.70. The van der Waals surface area contributed by atoms with E-state index in [1.54, 1.807) is 31.2 Å². The normalized spacial score (nSPS) is 16.0. The minimum Gasteiger partial charge on any atom is -0.503 e. The molecule has 1 atom stereocenters. The first-order valence-corrected chi connectivity index (χ1v) is 11.2. The number of aromatic nitrogens is 1. The maximum atomic E-state index is 13.7. The fourth-order valence-electron chi connectivity index (χ4n) is 3.96. The Kier molecular flexibility index (Phi) is 5.18. The summed E-state index contributed by atoms with van der Waals surface area (Å²) in [5, 5.41) is 11.6. The molecule has 0 saturated heterocycles. The molecule has 33 heavy (non-hydrogen) atoms. The molecular formula is C26H20N2O4S. The Morgan fingerprint density at radius 2 is 1.76 bits per heavy atom. The van der Waals surface area contributed by atoms with Gasteiger partial charge in [-0.15, -0.1) is 11.3 Å². The smallest absolute Gasteiger partial charge is 0.294 e. The van der Waals surface area contributed by atoms with Gasteiger partial charge in [-0.3, -0.25) is 14.5 Å². The van der Waals surface area contributed by atoms with Crippen LogP contribution in [0.5, 0.6) is 0 Å². The molecule has 164 valence electrons. The van der Waals surface area contributed by atoms with Gasteiger partial charge in [0.1, 0.15) is 16.8 Å². The number of aryl methyl sites for hydroxylation is 2. The largest absolute Gasteiger partial charge is 0.503 e. The third-order valence-corrected chi connectivity index (χ3v) is 6.81. The number of rotatable bonds is 5. The maximum Gasteiger partial charge on any atom is 0.294 e. The number of aliphatic hydroxyl groups is 1. The number of hydrogen-bond donors (Lipinski definition) is 1. The summed E-state index contributed by atoms with van der Waals surface area (Å²) in [6.07, 6.45) is 1.48. The molecule has 6 nitrogen and oxygen atoms in total. The van der Waals surface area contributed by atoms with E-state index in [-0.39, 0.29) is 5.57 Å². The highest BCUT2D eigenvalue weighted by molar-refractivity contribution is 7.17. The van der Waals surface area contributed by atoms with E-state index in [0.717, 1.165) is 11.1 Å². The first-order chi connectivity index (χ1) is 16.0. The molecule has 0 saturated carbocycles. The molecule has 5 rings (SSSR count). The average Bonchev–Trinajstić information content (AvgIpc) is 3.54. The number of furan rings is 1. The molecule has 2 aromatic carbocycles. The lowest BCUT2D eigenvalue weighted by molar-refractivity contribution is -0.117. The van der Waals surface area contributed by atoms with E-state index in [9.17, 15) is 14.7 Å². The number of ketones is 1. The highest BCUT2D eigenvalue weighted by Crippen LogP contribution is 2.43. The fourth-order valence-corrected chi connectivity index (χ4v) is 4.98. The van der Waals surface area contributed by atoms with E-state index in [2.05, 4.69) is 4.98 Å². The molecule has 0 fully saturated rings. The molecule has 3 heterocycles. The highest BCUT2D eigenvalue weighted by atomic mass is 32.1. The fraction of sp³-hybridized carbons (Fsp3) is 0.115. The Morgan fingerprint density at radius 3 is 2.42 bits per heavy atom. The van der Waals surface area contributed by atoms with Crippen molar-refractivity contribution in [1.82, 2.24) is 4.98 Å².